The summed E-state index contributed by atoms with van der Waals surface area (Å²) >= 11 is 6.04. The first-order valence-corrected chi connectivity index (χ1v) is 12.1. The highest BCUT2D eigenvalue weighted by atomic mass is 35.5. The Morgan fingerprint density at radius 3 is 2.48 bits per heavy atom. The van der Waals surface area contributed by atoms with Crippen LogP contribution in [-0.4, -0.2) is 35.6 Å². The van der Waals surface area contributed by atoms with Crippen LogP contribution in [0.2, 0.25) is 5.02 Å². The summed E-state index contributed by atoms with van der Waals surface area (Å²) in [4.78, 5) is 28.3. The molecule has 1 heterocycles. The maximum absolute atomic E-state index is 13.4. The highest BCUT2D eigenvalue weighted by molar-refractivity contribution is 6.30. The summed E-state index contributed by atoms with van der Waals surface area (Å²) in [6, 6.07) is 12.9. The van der Waals surface area contributed by atoms with Crippen LogP contribution in [0.3, 0.4) is 0 Å². The van der Waals surface area contributed by atoms with E-state index in [2.05, 4.69) is 5.32 Å². The van der Waals surface area contributed by atoms with Crippen LogP contribution >= 0.6 is 11.6 Å². The van der Waals surface area contributed by atoms with E-state index in [0.29, 0.717) is 36.6 Å². The first kappa shape index (κ1) is 23.4. The Kier molecular flexibility index (Phi) is 7.76. The molecule has 1 N–H and O–H groups in total. The van der Waals surface area contributed by atoms with Gasteiger partial charge in [-0.2, -0.15) is 0 Å². The van der Waals surface area contributed by atoms with E-state index in [0.717, 1.165) is 42.6 Å². The molecule has 176 valence electrons. The zero-order chi connectivity index (χ0) is 23.2. The smallest absolute Gasteiger partial charge is 0.243 e. The Morgan fingerprint density at radius 1 is 1.06 bits per heavy atom. The number of ether oxygens (including phenoxy) is 2. The van der Waals surface area contributed by atoms with Gasteiger partial charge in [-0.15, -0.1) is 0 Å². The zero-order valence-corrected chi connectivity index (χ0v) is 19.8. The highest BCUT2D eigenvalue weighted by Gasteiger charge is 2.30. The quantitative estimate of drug-likeness (QED) is 0.567. The third-order valence-electron chi connectivity index (χ3n) is 6.42. The second kappa shape index (κ2) is 10.9. The monoisotopic (exact) mass is 470 g/mol. The Morgan fingerprint density at radius 2 is 1.76 bits per heavy atom. The minimum atomic E-state index is -0.509. The highest BCUT2D eigenvalue weighted by Crippen LogP contribution is 2.33. The number of carbonyl (C=O) groups is 2. The van der Waals surface area contributed by atoms with Gasteiger partial charge in [0, 0.05) is 24.0 Å². The Bertz CT molecular complexity index is 973. The van der Waals surface area contributed by atoms with Crippen molar-refractivity contribution in [1.82, 2.24) is 10.2 Å². The van der Waals surface area contributed by atoms with Crippen LogP contribution in [0.15, 0.2) is 42.5 Å². The summed E-state index contributed by atoms with van der Waals surface area (Å²) in [5.41, 5.74) is 1.95. The number of nitrogens with zero attached hydrogens (tertiary/aromatic N) is 1. The van der Waals surface area contributed by atoms with Crippen LogP contribution in [0.1, 0.15) is 56.6 Å². The third kappa shape index (κ3) is 5.99. The van der Waals surface area contributed by atoms with Crippen LogP contribution in [0.4, 0.5) is 0 Å². The summed E-state index contributed by atoms with van der Waals surface area (Å²) < 4.78 is 10.8. The Labute approximate surface area is 200 Å². The molecule has 7 heteroatoms. The van der Waals surface area contributed by atoms with E-state index < -0.39 is 6.04 Å². The number of fused-ring (bicyclic) bond motifs is 1. The van der Waals surface area contributed by atoms with E-state index >= 15 is 0 Å². The predicted octanol–water partition coefficient (Wildman–Crippen LogP) is 4.87. The molecular weight excluding hydrogens is 440 g/mol. The van der Waals surface area contributed by atoms with Gasteiger partial charge in [-0.1, -0.05) is 49.6 Å². The molecule has 2 amide bonds. The van der Waals surface area contributed by atoms with E-state index in [-0.39, 0.29) is 24.6 Å². The molecule has 2 aromatic rings. The van der Waals surface area contributed by atoms with E-state index in [4.69, 9.17) is 21.1 Å². The van der Waals surface area contributed by atoms with Crippen molar-refractivity contribution in [2.24, 2.45) is 0 Å². The number of aryl methyl sites for hydroxylation is 1. The minimum Gasteiger partial charge on any atom is -0.454 e. The molecule has 33 heavy (non-hydrogen) atoms. The number of benzene rings is 2. The number of carbonyl (C=O) groups excluding carboxylic acids is 2. The lowest BCUT2D eigenvalue weighted by molar-refractivity contribution is -0.141. The summed E-state index contributed by atoms with van der Waals surface area (Å²) in [7, 11) is 0. The molecule has 1 aliphatic carbocycles. The lowest BCUT2D eigenvalue weighted by atomic mass is 10.1. The van der Waals surface area contributed by atoms with Gasteiger partial charge in [0.05, 0.1) is 0 Å². The summed E-state index contributed by atoms with van der Waals surface area (Å²) in [5.74, 6) is 1.33. The maximum Gasteiger partial charge on any atom is 0.243 e. The van der Waals surface area contributed by atoms with E-state index in [9.17, 15) is 9.59 Å². The van der Waals surface area contributed by atoms with Crippen LogP contribution in [0.5, 0.6) is 11.5 Å². The molecule has 0 spiro atoms. The van der Waals surface area contributed by atoms with Crippen molar-refractivity contribution < 1.29 is 19.1 Å². The fourth-order valence-electron chi connectivity index (χ4n) is 4.56. The van der Waals surface area contributed by atoms with E-state index in [1.807, 2.05) is 49.4 Å². The van der Waals surface area contributed by atoms with Gasteiger partial charge in [0.2, 0.25) is 18.6 Å². The lowest BCUT2D eigenvalue weighted by Crippen LogP contribution is -2.51. The number of rotatable bonds is 9. The first-order valence-electron chi connectivity index (χ1n) is 11.8. The Hall–Kier alpha value is -2.73. The number of halogens is 1. The molecule has 2 aromatic carbocycles. The number of hydrogen-bond acceptors (Lipinski definition) is 4. The molecule has 4 rings (SSSR count). The topological polar surface area (TPSA) is 67.9 Å². The van der Waals surface area contributed by atoms with Crippen LogP contribution in [-0.2, 0) is 22.6 Å². The van der Waals surface area contributed by atoms with Crippen molar-refractivity contribution >= 4 is 23.4 Å². The molecule has 2 aliphatic rings. The number of amides is 2. The van der Waals surface area contributed by atoms with Gasteiger partial charge in [-0.25, -0.2) is 0 Å². The van der Waals surface area contributed by atoms with Crippen molar-refractivity contribution in [2.45, 2.75) is 70.5 Å². The molecule has 1 aliphatic heterocycles. The SMILES string of the molecule is CCC(C(=O)NC1CCCC1)N(Cc1ccc(Cl)cc1)C(=O)CCc1ccc2c(c1)OCO2. The maximum atomic E-state index is 13.4. The van der Waals surface area contributed by atoms with Gasteiger partial charge in [0.25, 0.3) is 0 Å². The molecule has 1 saturated carbocycles. The van der Waals surface area contributed by atoms with Crippen LogP contribution < -0.4 is 14.8 Å². The Balaban J connectivity index is 1.48. The molecule has 1 unspecified atom stereocenters. The second-order valence-corrected chi connectivity index (χ2v) is 9.19. The van der Waals surface area contributed by atoms with Crippen LogP contribution in [0.25, 0.3) is 0 Å². The number of nitrogens with one attached hydrogen (secondary N) is 1. The van der Waals surface area contributed by atoms with E-state index in [1.54, 1.807) is 4.90 Å². The average Bonchev–Trinajstić information content (AvgIpc) is 3.50. The molecule has 0 aromatic heterocycles. The predicted molar refractivity (Wildman–Crippen MR) is 127 cm³/mol. The zero-order valence-electron chi connectivity index (χ0n) is 19.0. The average molecular weight is 471 g/mol. The van der Waals surface area contributed by atoms with Crippen molar-refractivity contribution in [2.75, 3.05) is 6.79 Å². The van der Waals surface area contributed by atoms with Crippen molar-refractivity contribution in [3.63, 3.8) is 0 Å². The van der Waals surface area contributed by atoms with Crippen molar-refractivity contribution in [1.29, 1.82) is 0 Å². The normalized spacial score (nSPS) is 15.9. The third-order valence-corrected chi connectivity index (χ3v) is 6.67. The van der Waals surface area contributed by atoms with Gasteiger partial charge < -0.3 is 19.7 Å². The van der Waals surface area contributed by atoms with Gasteiger partial charge in [0.15, 0.2) is 11.5 Å². The molecule has 0 radical (unpaired) electrons. The first-order chi connectivity index (χ1) is 16.0. The van der Waals surface area contributed by atoms with Crippen molar-refractivity contribution in [3.05, 3.63) is 58.6 Å². The molecule has 1 fully saturated rings. The molecule has 1 atom stereocenters. The molecule has 6 nitrogen and oxygen atoms in total. The van der Waals surface area contributed by atoms with E-state index in [1.165, 1.54) is 0 Å². The molecule has 0 saturated heterocycles. The molecule has 0 bridgehead atoms. The van der Waals surface area contributed by atoms with Crippen LogP contribution in [0, 0.1) is 0 Å². The summed E-state index contributed by atoms with van der Waals surface area (Å²) in [6.45, 7) is 2.55. The minimum absolute atomic E-state index is 0.0453. The van der Waals surface area contributed by atoms with Gasteiger partial charge >= 0.3 is 0 Å². The second-order valence-electron chi connectivity index (χ2n) is 8.75. The lowest BCUT2D eigenvalue weighted by Gasteiger charge is -2.31. The standard InChI is InChI=1S/C26H31ClN2O4/c1-2-22(26(31)28-21-5-3-4-6-21)29(16-19-7-11-20(27)12-8-19)25(30)14-10-18-9-13-23-24(15-18)33-17-32-23/h7-9,11-13,15,21-22H,2-6,10,14,16-17H2,1H3,(H,28,31). The fraction of sp³-hybridized carbons (Fsp3) is 0.462. The molecular formula is C26H31ClN2O4. The fourth-order valence-corrected chi connectivity index (χ4v) is 4.69. The summed E-state index contributed by atoms with van der Waals surface area (Å²) in [6.07, 6.45) is 5.74. The van der Waals surface area contributed by atoms with Crippen molar-refractivity contribution in [3.8, 4) is 11.5 Å². The van der Waals surface area contributed by atoms with Gasteiger partial charge in [0.1, 0.15) is 6.04 Å². The summed E-state index contributed by atoms with van der Waals surface area (Å²) in [5, 5.41) is 3.82. The van der Waals surface area contributed by atoms with Gasteiger partial charge in [-0.3, -0.25) is 9.59 Å². The van der Waals surface area contributed by atoms with Gasteiger partial charge in [-0.05, 0) is 61.1 Å². The largest absolute Gasteiger partial charge is 0.454 e. The number of hydrogen-bond donors (Lipinski definition) is 1.